The van der Waals surface area contributed by atoms with Gasteiger partial charge in [-0.2, -0.15) is 0 Å². The molecule has 0 aliphatic carbocycles. The second-order valence-electron chi connectivity index (χ2n) is 5.85. The number of rotatable bonds is 2. The van der Waals surface area contributed by atoms with Crippen molar-refractivity contribution in [3.8, 4) is 5.75 Å². The predicted octanol–water partition coefficient (Wildman–Crippen LogP) is 4.49. The zero-order valence-electron chi connectivity index (χ0n) is 13.2. The van der Waals surface area contributed by atoms with E-state index in [9.17, 15) is 4.79 Å². The van der Waals surface area contributed by atoms with Crippen LogP contribution in [0.25, 0.3) is 10.8 Å². The first-order valence-electron chi connectivity index (χ1n) is 8.08. The molecule has 1 unspecified atom stereocenters. The van der Waals surface area contributed by atoms with Gasteiger partial charge in [0.05, 0.1) is 18.3 Å². The molecule has 1 heterocycles. The van der Waals surface area contributed by atoms with Gasteiger partial charge in [0.25, 0.3) is 0 Å². The molecule has 0 spiro atoms. The minimum Gasteiger partial charge on any atom is -0.493 e. The topological polar surface area (TPSA) is 50.4 Å². The van der Waals surface area contributed by atoms with E-state index in [0.29, 0.717) is 6.61 Å². The van der Waals surface area contributed by atoms with Crippen LogP contribution in [-0.4, -0.2) is 12.6 Å². The third-order valence-electron chi connectivity index (χ3n) is 4.30. The van der Waals surface area contributed by atoms with Crippen molar-refractivity contribution in [2.45, 2.75) is 12.5 Å². The molecule has 0 radical (unpaired) electrons. The van der Waals surface area contributed by atoms with E-state index < -0.39 is 0 Å². The van der Waals surface area contributed by atoms with Crippen LogP contribution in [0.5, 0.6) is 5.75 Å². The standard InChI is InChI=1S/C20H18N2O2/c23-20(21-17-10-5-7-14-6-1-2-8-15(14)17)22-18-12-13-24-19-11-4-3-9-16(18)19/h1-11,18H,12-13H2,(H2,21,22,23). The highest BCUT2D eigenvalue weighted by Gasteiger charge is 2.22. The number of carbonyl (C=O) groups excluding carboxylic acids is 1. The van der Waals surface area contributed by atoms with E-state index in [1.807, 2.05) is 66.7 Å². The zero-order chi connectivity index (χ0) is 16.4. The van der Waals surface area contributed by atoms with Crippen molar-refractivity contribution in [3.63, 3.8) is 0 Å². The molecule has 24 heavy (non-hydrogen) atoms. The summed E-state index contributed by atoms with van der Waals surface area (Å²) in [5, 5.41) is 8.16. The monoisotopic (exact) mass is 318 g/mol. The van der Waals surface area contributed by atoms with Gasteiger partial charge in [-0.15, -0.1) is 0 Å². The first-order valence-corrected chi connectivity index (χ1v) is 8.08. The summed E-state index contributed by atoms with van der Waals surface area (Å²) < 4.78 is 5.64. The summed E-state index contributed by atoms with van der Waals surface area (Å²) >= 11 is 0. The number of urea groups is 1. The third kappa shape index (κ3) is 2.78. The molecular weight excluding hydrogens is 300 g/mol. The maximum Gasteiger partial charge on any atom is 0.319 e. The van der Waals surface area contributed by atoms with Gasteiger partial charge in [0.1, 0.15) is 5.75 Å². The number of nitrogens with one attached hydrogen (secondary N) is 2. The summed E-state index contributed by atoms with van der Waals surface area (Å²) in [6.07, 6.45) is 0.764. The Balaban J connectivity index is 1.53. The lowest BCUT2D eigenvalue weighted by atomic mass is 10.0. The smallest absolute Gasteiger partial charge is 0.319 e. The SMILES string of the molecule is O=C(Nc1cccc2ccccc12)NC1CCOc2ccccc21. The van der Waals surface area contributed by atoms with Gasteiger partial charge in [0.2, 0.25) is 0 Å². The Kier molecular flexibility index (Phi) is 3.79. The Morgan fingerprint density at radius 3 is 2.71 bits per heavy atom. The molecule has 4 heteroatoms. The predicted molar refractivity (Wildman–Crippen MR) is 95.4 cm³/mol. The van der Waals surface area contributed by atoms with E-state index in [0.717, 1.165) is 34.2 Å². The summed E-state index contributed by atoms with van der Waals surface area (Å²) in [6.45, 7) is 0.607. The first-order chi connectivity index (χ1) is 11.8. The molecule has 2 N–H and O–H groups in total. The number of carbonyl (C=O) groups is 1. The van der Waals surface area contributed by atoms with Crippen LogP contribution < -0.4 is 15.4 Å². The fourth-order valence-electron chi connectivity index (χ4n) is 3.14. The minimum absolute atomic E-state index is 0.0371. The van der Waals surface area contributed by atoms with Gasteiger partial charge >= 0.3 is 6.03 Å². The molecule has 0 saturated carbocycles. The van der Waals surface area contributed by atoms with Crippen LogP contribution in [-0.2, 0) is 0 Å². The van der Waals surface area contributed by atoms with Crippen LogP contribution in [0.3, 0.4) is 0 Å². The lowest BCUT2D eigenvalue weighted by Gasteiger charge is -2.26. The van der Waals surface area contributed by atoms with Crippen LogP contribution in [0.15, 0.2) is 66.7 Å². The van der Waals surface area contributed by atoms with Crippen molar-refractivity contribution >= 4 is 22.5 Å². The number of hydrogen-bond donors (Lipinski definition) is 2. The molecule has 1 aliphatic rings. The molecule has 1 atom stereocenters. The number of benzene rings is 3. The van der Waals surface area contributed by atoms with E-state index in [1.165, 1.54) is 0 Å². The lowest BCUT2D eigenvalue weighted by molar-refractivity contribution is 0.232. The molecule has 0 bridgehead atoms. The molecule has 3 aromatic carbocycles. The van der Waals surface area contributed by atoms with Crippen LogP contribution in [0, 0.1) is 0 Å². The maximum absolute atomic E-state index is 12.5. The van der Waals surface area contributed by atoms with Crippen molar-refractivity contribution in [2.75, 3.05) is 11.9 Å². The summed E-state index contributed by atoms with van der Waals surface area (Å²) in [4.78, 5) is 12.5. The third-order valence-corrected chi connectivity index (χ3v) is 4.30. The second-order valence-corrected chi connectivity index (χ2v) is 5.85. The molecule has 0 fully saturated rings. The van der Waals surface area contributed by atoms with Crippen molar-refractivity contribution in [1.29, 1.82) is 0 Å². The molecule has 120 valence electrons. The van der Waals surface area contributed by atoms with E-state index in [-0.39, 0.29) is 12.1 Å². The van der Waals surface area contributed by atoms with Gasteiger partial charge in [-0.1, -0.05) is 54.6 Å². The highest BCUT2D eigenvalue weighted by Crippen LogP contribution is 2.31. The summed E-state index contributed by atoms with van der Waals surface area (Å²) in [7, 11) is 0. The van der Waals surface area contributed by atoms with Crippen molar-refractivity contribution < 1.29 is 9.53 Å². The number of para-hydroxylation sites is 1. The van der Waals surface area contributed by atoms with Crippen molar-refractivity contribution in [3.05, 3.63) is 72.3 Å². The van der Waals surface area contributed by atoms with Crippen LogP contribution in [0.4, 0.5) is 10.5 Å². The highest BCUT2D eigenvalue weighted by molar-refractivity contribution is 6.01. The Morgan fingerprint density at radius 1 is 0.958 bits per heavy atom. The summed E-state index contributed by atoms with van der Waals surface area (Å²) in [6, 6.07) is 21.5. The molecule has 1 aliphatic heterocycles. The van der Waals surface area contributed by atoms with Crippen LogP contribution in [0.2, 0.25) is 0 Å². The van der Waals surface area contributed by atoms with Gasteiger partial charge in [0, 0.05) is 17.4 Å². The fraction of sp³-hybridized carbons (Fsp3) is 0.150. The lowest BCUT2D eigenvalue weighted by Crippen LogP contribution is -2.35. The Labute approximate surface area is 140 Å². The number of anilines is 1. The molecule has 4 rings (SSSR count). The number of hydrogen-bond acceptors (Lipinski definition) is 2. The average Bonchev–Trinajstić information content (AvgIpc) is 2.62. The number of fused-ring (bicyclic) bond motifs is 2. The minimum atomic E-state index is -0.201. The molecular formula is C20H18N2O2. The number of amides is 2. The Bertz CT molecular complexity index is 886. The zero-order valence-corrected chi connectivity index (χ0v) is 13.2. The maximum atomic E-state index is 12.5. The summed E-state index contributed by atoms with van der Waals surface area (Å²) in [5.74, 6) is 0.846. The van der Waals surface area contributed by atoms with E-state index >= 15 is 0 Å². The molecule has 4 nitrogen and oxygen atoms in total. The molecule has 3 aromatic rings. The second kappa shape index (κ2) is 6.24. The highest BCUT2D eigenvalue weighted by atomic mass is 16.5. The van der Waals surface area contributed by atoms with Gasteiger partial charge in [0.15, 0.2) is 0 Å². The van der Waals surface area contributed by atoms with E-state index in [1.54, 1.807) is 0 Å². The first kappa shape index (κ1) is 14.6. The number of ether oxygens (including phenoxy) is 1. The van der Waals surface area contributed by atoms with E-state index in [2.05, 4.69) is 10.6 Å². The Morgan fingerprint density at radius 2 is 1.75 bits per heavy atom. The van der Waals surface area contributed by atoms with E-state index in [4.69, 9.17) is 4.74 Å². The van der Waals surface area contributed by atoms with Crippen molar-refractivity contribution in [1.82, 2.24) is 5.32 Å². The van der Waals surface area contributed by atoms with Gasteiger partial charge in [-0.3, -0.25) is 0 Å². The summed E-state index contributed by atoms with van der Waals surface area (Å²) in [5.41, 5.74) is 1.84. The van der Waals surface area contributed by atoms with Gasteiger partial charge < -0.3 is 15.4 Å². The molecule has 0 saturated heterocycles. The normalized spacial score (nSPS) is 16.1. The fourth-order valence-corrected chi connectivity index (χ4v) is 3.14. The van der Waals surface area contributed by atoms with Crippen LogP contribution >= 0.6 is 0 Å². The van der Waals surface area contributed by atoms with Crippen LogP contribution in [0.1, 0.15) is 18.0 Å². The quantitative estimate of drug-likeness (QED) is 0.731. The van der Waals surface area contributed by atoms with Gasteiger partial charge in [-0.05, 0) is 17.5 Å². The molecule has 0 aromatic heterocycles. The molecule has 2 amide bonds. The van der Waals surface area contributed by atoms with Gasteiger partial charge in [-0.25, -0.2) is 4.79 Å². The Hall–Kier alpha value is -3.01. The average molecular weight is 318 g/mol. The van der Waals surface area contributed by atoms with Crippen molar-refractivity contribution in [2.24, 2.45) is 0 Å². The largest absolute Gasteiger partial charge is 0.493 e.